The minimum atomic E-state index is 0.880. The Hall–Kier alpha value is -1.90. The summed E-state index contributed by atoms with van der Waals surface area (Å²) in [6.45, 7) is 0. The number of nitrogens with one attached hydrogen (secondary N) is 1. The first-order chi connectivity index (χ1) is 6.83. The van der Waals surface area contributed by atoms with E-state index >= 15 is 0 Å². The summed E-state index contributed by atoms with van der Waals surface area (Å²) in [5.74, 6) is 0. The van der Waals surface area contributed by atoms with Crippen molar-refractivity contribution in [1.29, 1.82) is 5.41 Å². The van der Waals surface area contributed by atoms with Crippen LogP contribution in [0.5, 0.6) is 0 Å². The molecule has 0 atom stereocenters. The Morgan fingerprint density at radius 2 is 2.14 bits per heavy atom. The molecule has 14 heavy (non-hydrogen) atoms. The Labute approximate surface area is 82.5 Å². The van der Waals surface area contributed by atoms with E-state index in [1.54, 1.807) is 6.20 Å². The largest absolute Gasteiger partial charge is 0.342 e. The molecule has 2 heterocycles. The predicted molar refractivity (Wildman–Crippen MR) is 56.5 cm³/mol. The summed E-state index contributed by atoms with van der Waals surface area (Å²) >= 11 is 0. The van der Waals surface area contributed by atoms with Gasteiger partial charge in [0.15, 0.2) is 0 Å². The Balaban J connectivity index is 2.53. The highest BCUT2D eigenvalue weighted by Crippen LogP contribution is 2.17. The van der Waals surface area contributed by atoms with Crippen molar-refractivity contribution in [1.82, 2.24) is 9.55 Å². The van der Waals surface area contributed by atoms with Gasteiger partial charge in [0.05, 0.1) is 17.1 Å². The fourth-order valence-electron chi connectivity index (χ4n) is 1.44. The van der Waals surface area contributed by atoms with Gasteiger partial charge in [0.25, 0.3) is 0 Å². The van der Waals surface area contributed by atoms with Gasteiger partial charge in [-0.15, -0.1) is 0 Å². The summed E-state index contributed by atoms with van der Waals surface area (Å²) in [5, 5.41) is 7.19. The first-order valence-electron chi connectivity index (χ1n) is 4.40. The van der Waals surface area contributed by atoms with Crippen molar-refractivity contribution >= 4 is 6.21 Å². The van der Waals surface area contributed by atoms with Crippen LogP contribution in [0.2, 0.25) is 0 Å². The molecule has 0 saturated carbocycles. The van der Waals surface area contributed by atoms with Crippen molar-refractivity contribution in [3.63, 3.8) is 0 Å². The molecule has 2 rings (SSSR count). The van der Waals surface area contributed by atoms with E-state index in [0.29, 0.717) is 0 Å². The van der Waals surface area contributed by atoms with Gasteiger partial charge in [-0.2, -0.15) is 0 Å². The van der Waals surface area contributed by atoms with Crippen LogP contribution in [0.1, 0.15) is 5.69 Å². The number of aromatic nitrogens is 2. The molecule has 3 heteroatoms. The second-order valence-corrected chi connectivity index (χ2v) is 3.06. The van der Waals surface area contributed by atoms with E-state index < -0.39 is 0 Å². The molecule has 0 unspecified atom stereocenters. The molecule has 0 radical (unpaired) electrons. The first-order valence-corrected chi connectivity index (χ1v) is 4.40. The van der Waals surface area contributed by atoms with Crippen LogP contribution >= 0.6 is 0 Å². The van der Waals surface area contributed by atoms with Gasteiger partial charge in [-0.25, -0.2) is 0 Å². The van der Waals surface area contributed by atoms with Crippen LogP contribution in [0.25, 0.3) is 11.4 Å². The smallest absolute Gasteiger partial charge is 0.0866 e. The fourth-order valence-corrected chi connectivity index (χ4v) is 1.44. The molecule has 0 aliphatic heterocycles. The standard InChI is InChI=1S/C11H11N3/c1-14-9(8-12)5-6-11(14)10-4-2-3-7-13-10/h2-8,12H,1H3. The zero-order chi connectivity index (χ0) is 9.97. The van der Waals surface area contributed by atoms with E-state index in [-0.39, 0.29) is 0 Å². The topological polar surface area (TPSA) is 41.7 Å². The molecule has 0 saturated heterocycles. The van der Waals surface area contributed by atoms with Crippen molar-refractivity contribution in [3.05, 3.63) is 42.2 Å². The van der Waals surface area contributed by atoms with E-state index in [1.807, 2.05) is 41.9 Å². The number of hydrogen-bond acceptors (Lipinski definition) is 2. The second kappa shape index (κ2) is 3.46. The highest BCUT2D eigenvalue weighted by molar-refractivity contribution is 5.77. The molecule has 0 fully saturated rings. The molecule has 0 aliphatic rings. The maximum absolute atomic E-state index is 7.19. The number of rotatable bonds is 2. The monoisotopic (exact) mass is 185 g/mol. The lowest BCUT2D eigenvalue weighted by Crippen LogP contribution is -1.97. The quantitative estimate of drug-likeness (QED) is 0.715. The van der Waals surface area contributed by atoms with E-state index in [4.69, 9.17) is 5.41 Å². The van der Waals surface area contributed by atoms with Crippen LogP contribution < -0.4 is 0 Å². The van der Waals surface area contributed by atoms with Crippen molar-refractivity contribution < 1.29 is 0 Å². The van der Waals surface area contributed by atoms with Crippen LogP contribution in [0.4, 0.5) is 0 Å². The number of pyridine rings is 1. The number of hydrogen-bond donors (Lipinski definition) is 1. The Kier molecular flexibility index (Phi) is 2.14. The predicted octanol–water partition coefficient (Wildman–Crippen LogP) is 2.08. The van der Waals surface area contributed by atoms with Crippen LogP contribution in [0.3, 0.4) is 0 Å². The first kappa shape index (κ1) is 8.69. The summed E-state index contributed by atoms with van der Waals surface area (Å²) in [5.41, 5.74) is 2.85. The van der Waals surface area contributed by atoms with Gasteiger partial charge in [0, 0.05) is 19.5 Å². The SMILES string of the molecule is Cn1c(C=N)ccc1-c1ccccn1. The van der Waals surface area contributed by atoms with Crippen LogP contribution in [-0.4, -0.2) is 15.8 Å². The Morgan fingerprint density at radius 1 is 1.29 bits per heavy atom. The van der Waals surface area contributed by atoms with Gasteiger partial charge in [-0.3, -0.25) is 4.98 Å². The average molecular weight is 185 g/mol. The van der Waals surface area contributed by atoms with E-state index in [0.717, 1.165) is 17.1 Å². The second-order valence-electron chi connectivity index (χ2n) is 3.06. The average Bonchev–Trinajstić information content (AvgIpc) is 2.61. The maximum Gasteiger partial charge on any atom is 0.0866 e. The van der Waals surface area contributed by atoms with E-state index in [1.165, 1.54) is 6.21 Å². The third-order valence-corrected chi connectivity index (χ3v) is 2.24. The summed E-state index contributed by atoms with van der Waals surface area (Å²) in [7, 11) is 1.93. The van der Waals surface area contributed by atoms with Crippen molar-refractivity contribution in [2.24, 2.45) is 7.05 Å². The van der Waals surface area contributed by atoms with E-state index in [9.17, 15) is 0 Å². The summed E-state index contributed by atoms with van der Waals surface area (Å²) < 4.78 is 1.95. The van der Waals surface area contributed by atoms with Gasteiger partial charge in [0.1, 0.15) is 0 Å². The minimum Gasteiger partial charge on any atom is -0.342 e. The van der Waals surface area contributed by atoms with E-state index in [2.05, 4.69) is 4.98 Å². The molecule has 70 valence electrons. The Morgan fingerprint density at radius 3 is 2.71 bits per heavy atom. The minimum absolute atomic E-state index is 0.880. The van der Waals surface area contributed by atoms with Crippen LogP contribution in [0, 0.1) is 5.41 Å². The zero-order valence-electron chi connectivity index (χ0n) is 7.94. The summed E-state index contributed by atoms with van der Waals surface area (Å²) in [6.07, 6.45) is 3.11. The van der Waals surface area contributed by atoms with Crippen molar-refractivity contribution in [3.8, 4) is 11.4 Å². The lowest BCUT2D eigenvalue weighted by molar-refractivity contribution is 0.921. The van der Waals surface area contributed by atoms with Gasteiger partial charge in [-0.05, 0) is 24.3 Å². The molecule has 3 nitrogen and oxygen atoms in total. The molecular formula is C11H11N3. The Bertz CT molecular complexity index is 443. The van der Waals surface area contributed by atoms with Crippen LogP contribution in [0.15, 0.2) is 36.5 Å². The highest BCUT2D eigenvalue weighted by Gasteiger charge is 2.04. The molecule has 2 aromatic heterocycles. The van der Waals surface area contributed by atoms with Gasteiger partial charge >= 0.3 is 0 Å². The van der Waals surface area contributed by atoms with Gasteiger partial charge < -0.3 is 9.98 Å². The summed E-state index contributed by atoms with van der Waals surface area (Å²) in [4.78, 5) is 4.26. The third kappa shape index (κ3) is 1.33. The number of nitrogens with zero attached hydrogens (tertiary/aromatic N) is 2. The summed E-state index contributed by atoms with van der Waals surface area (Å²) in [6, 6.07) is 9.70. The molecule has 0 bridgehead atoms. The molecule has 1 N–H and O–H groups in total. The lowest BCUT2D eigenvalue weighted by atomic mass is 10.3. The molecule has 2 aromatic rings. The maximum atomic E-state index is 7.19. The molecule has 0 aromatic carbocycles. The lowest BCUT2D eigenvalue weighted by Gasteiger charge is -2.03. The third-order valence-electron chi connectivity index (χ3n) is 2.24. The van der Waals surface area contributed by atoms with Crippen molar-refractivity contribution in [2.75, 3.05) is 0 Å². The zero-order valence-corrected chi connectivity index (χ0v) is 7.94. The fraction of sp³-hybridized carbons (Fsp3) is 0.0909. The highest BCUT2D eigenvalue weighted by atomic mass is 15.0. The normalized spacial score (nSPS) is 10.1. The van der Waals surface area contributed by atoms with Gasteiger partial charge in [0.2, 0.25) is 0 Å². The molecular weight excluding hydrogens is 174 g/mol. The molecule has 0 spiro atoms. The van der Waals surface area contributed by atoms with Crippen LogP contribution in [-0.2, 0) is 7.05 Å². The van der Waals surface area contributed by atoms with Crippen molar-refractivity contribution in [2.45, 2.75) is 0 Å². The molecule has 0 amide bonds. The van der Waals surface area contributed by atoms with Gasteiger partial charge in [-0.1, -0.05) is 6.07 Å². The molecule has 0 aliphatic carbocycles.